The van der Waals surface area contributed by atoms with E-state index < -0.39 is 10.1 Å². The van der Waals surface area contributed by atoms with E-state index in [2.05, 4.69) is 0 Å². The highest BCUT2D eigenvalue weighted by molar-refractivity contribution is 7.86. The van der Waals surface area contributed by atoms with Crippen molar-refractivity contribution in [1.82, 2.24) is 4.90 Å². The van der Waals surface area contributed by atoms with Gasteiger partial charge in [-0.15, -0.1) is 0 Å². The molecule has 0 N–H and O–H groups in total. The highest BCUT2D eigenvalue weighted by Crippen LogP contribution is 2.22. The summed E-state index contributed by atoms with van der Waals surface area (Å²) in [6.07, 6.45) is 2.55. The first-order chi connectivity index (χ1) is 15.9. The maximum absolute atomic E-state index is 13.4. The van der Waals surface area contributed by atoms with E-state index in [0.717, 1.165) is 22.9 Å². The Morgan fingerprint density at radius 1 is 0.848 bits per heavy atom. The molecule has 0 fully saturated rings. The molecule has 1 aromatic heterocycles. The van der Waals surface area contributed by atoms with Crippen LogP contribution in [0.1, 0.15) is 21.7 Å². The lowest BCUT2D eigenvalue weighted by molar-refractivity contribution is 0.0717. The zero-order chi connectivity index (χ0) is 23.3. The van der Waals surface area contributed by atoms with Gasteiger partial charge < -0.3 is 13.5 Å². The molecule has 0 spiro atoms. The highest BCUT2D eigenvalue weighted by Gasteiger charge is 2.19. The highest BCUT2D eigenvalue weighted by atomic mass is 32.2. The van der Waals surface area contributed by atoms with E-state index in [-0.39, 0.29) is 24.7 Å². The lowest BCUT2D eigenvalue weighted by atomic mass is 10.0. The van der Waals surface area contributed by atoms with Crippen LogP contribution < -0.4 is 4.18 Å². The molecule has 168 valence electrons. The Balaban J connectivity index is 1.58. The summed E-state index contributed by atoms with van der Waals surface area (Å²) in [4.78, 5) is 15.0. The molecule has 4 rings (SSSR count). The molecule has 6 nitrogen and oxygen atoms in total. The maximum atomic E-state index is 13.4. The normalized spacial score (nSPS) is 11.2. The van der Waals surface area contributed by atoms with E-state index in [1.165, 1.54) is 0 Å². The quantitative estimate of drug-likeness (QED) is 0.340. The second-order valence-corrected chi connectivity index (χ2v) is 9.19. The first-order valence-corrected chi connectivity index (χ1v) is 12.1. The summed E-state index contributed by atoms with van der Waals surface area (Å²) in [5.74, 6) is 0.681. The third-order valence-electron chi connectivity index (χ3n) is 4.97. The summed E-state index contributed by atoms with van der Waals surface area (Å²) in [5, 5.41) is 0. The van der Waals surface area contributed by atoms with Crippen LogP contribution in [0.5, 0.6) is 5.75 Å². The number of hydrogen-bond acceptors (Lipinski definition) is 5. The fourth-order valence-corrected chi connectivity index (χ4v) is 3.95. The molecule has 0 bridgehead atoms. The van der Waals surface area contributed by atoms with Crippen molar-refractivity contribution in [1.29, 1.82) is 0 Å². The zero-order valence-electron chi connectivity index (χ0n) is 18.0. The second kappa shape index (κ2) is 9.75. The van der Waals surface area contributed by atoms with Gasteiger partial charge in [0.1, 0.15) is 11.5 Å². The van der Waals surface area contributed by atoms with E-state index in [9.17, 15) is 13.2 Å². The predicted octanol–water partition coefficient (Wildman–Crippen LogP) is 5.13. The van der Waals surface area contributed by atoms with Crippen molar-refractivity contribution in [2.45, 2.75) is 13.1 Å². The monoisotopic (exact) mass is 461 g/mol. The van der Waals surface area contributed by atoms with Crippen molar-refractivity contribution in [3.05, 3.63) is 114 Å². The summed E-state index contributed by atoms with van der Waals surface area (Å²) >= 11 is 0. The molecule has 0 radical (unpaired) electrons. The molecule has 1 heterocycles. The Labute approximate surface area is 193 Å². The van der Waals surface area contributed by atoms with E-state index in [4.69, 9.17) is 8.60 Å². The van der Waals surface area contributed by atoms with Crippen LogP contribution in [0.15, 0.2) is 102 Å². The van der Waals surface area contributed by atoms with Gasteiger partial charge >= 0.3 is 10.1 Å². The van der Waals surface area contributed by atoms with Crippen LogP contribution in [0.2, 0.25) is 0 Å². The number of carbonyl (C=O) groups is 1. The van der Waals surface area contributed by atoms with Gasteiger partial charge in [-0.05, 0) is 53.1 Å². The van der Waals surface area contributed by atoms with Gasteiger partial charge in [-0.1, -0.05) is 54.6 Å². The van der Waals surface area contributed by atoms with Gasteiger partial charge in [-0.2, -0.15) is 8.42 Å². The Kier molecular flexibility index (Phi) is 6.60. The molecule has 0 saturated carbocycles. The average Bonchev–Trinajstić information content (AvgIpc) is 3.31. The molecule has 3 aromatic carbocycles. The van der Waals surface area contributed by atoms with Crippen LogP contribution >= 0.6 is 0 Å². The number of benzene rings is 3. The van der Waals surface area contributed by atoms with Crippen LogP contribution in [0.3, 0.4) is 0 Å². The summed E-state index contributed by atoms with van der Waals surface area (Å²) in [6, 6.07) is 27.7. The number of hydrogen-bond donors (Lipinski definition) is 0. The molecule has 0 aliphatic heterocycles. The predicted molar refractivity (Wildman–Crippen MR) is 126 cm³/mol. The average molecular weight is 462 g/mol. The van der Waals surface area contributed by atoms with Gasteiger partial charge in [0.25, 0.3) is 5.91 Å². The SMILES string of the molecule is CS(=O)(=O)Oc1cccc(CN(Cc2ccco2)C(=O)c2ccc(-c3ccccc3)cc2)c1. The molecular formula is C26H23NO5S. The van der Waals surface area contributed by atoms with Gasteiger partial charge in [0, 0.05) is 12.1 Å². The van der Waals surface area contributed by atoms with Crippen molar-refractivity contribution in [2.24, 2.45) is 0 Å². The summed E-state index contributed by atoms with van der Waals surface area (Å²) in [5.41, 5.74) is 3.38. The first-order valence-electron chi connectivity index (χ1n) is 10.3. The van der Waals surface area contributed by atoms with Crippen molar-refractivity contribution in [2.75, 3.05) is 6.26 Å². The third-order valence-corrected chi connectivity index (χ3v) is 5.47. The second-order valence-electron chi connectivity index (χ2n) is 7.62. The van der Waals surface area contributed by atoms with E-state index in [1.54, 1.807) is 35.4 Å². The summed E-state index contributed by atoms with van der Waals surface area (Å²) < 4.78 is 33.4. The topological polar surface area (TPSA) is 76.8 Å². The zero-order valence-corrected chi connectivity index (χ0v) is 18.9. The molecule has 0 aliphatic carbocycles. The molecule has 1 amide bonds. The largest absolute Gasteiger partial charge is 0.467 e. The van der Waals surface area contributed by atoms with Crippen molar-refractivity contribution >= 4 is 16.0 Å². The van der Waals surface area contributed by atoms with Gasteiger partial charge in [0.15, 0.2) is 0 Å². The Morgan fingerprint density at radius 3 is 2.24 bits per heavy atom. The Bertz CT molecular complexity index is 1310. The number of rotatable bonds is 8. The van der Waals surface area contributed by atoms with E-state index in [0.29, 0.717) is 11.3 Å². The number of amides is 1. The standard InChI is InChI=1S/C26H23NO5S/c1-33(29,30)32-24-10-5-7-20(17-24)18-27(19-25-11-6-16-31-25)26(28)23-14-12-22(13-15-23)21-8-3-2-4-9-21/h2-17H,18-19H2,1H3. The summed E-state index contributed by atoms with van der Waals surface area (Å²) in [6.45, 7) is 0.518. The molecule has 0 atom stereocenters. The lowest BCUT2D eigenvalue weighted by Crippen LogP contribution is -2.30. The van der Waals surface area contributed by atoms with Crippen LogP contribution in [-0.4, -0.2) is 25.5 Å². The van der Waals surface area contributed by atoms with Crippen LogP contribution in [0, 0.1) is 0 Å². The molecule has 4 aromatic rings. The fourth-order valence-electron chi connectivity index (χ4n) is 3.50. The van der Waals surface area contributed by atoms with E-state index in [1.807, 2.05) is 66.7 Å². The number of carbonyl (C=O) groups excluding carboxylic acids is 1. The molecule has 0 unspecified atom stereocenters. The molecule has 0 saturated heterocycles. The Morgan fingerprint density at radius 2 is 1.58 bits per heavy atom. The van der Waals surface area contributed by atoms with Gasteiger partial charge in [0.05, 0.1) is 19.1 Å². The summed E-state index contributed by atoms with van der Waals surface area (Å²) in [7, 11) is -3.65. The maximum Gasteiger partial charge on any atom is 0.306 e. The number of furan rings is 1. The molecule has 7 heteroatoms. The smallest absolute Gasteiger partial charge is 0.306 e. The molecule has 33 heavy (non-hydrogen) atoms. The van der Waals surface area contributed by atoms with Crippen LogP contribution in [0.4, 0.5) is 0 Å². The first kappa shape index (κ1) is 22.4. The third kappa shape index (κ3) is 6.11. The minimum atomic E-state index is -3.65. The fraction of sp³-hybridized carbons (Fsp3) is 0.115. The Hall–Kier alpha value is -3.84. The minimum Gasteiger partial charge on any atom is -0.467 e. The molecular weight excluding hydrogens is 438 g/mol. The van der Waals surface area contributed by atoms with E-state index >= 15 is 0 Å². The van der Waals surface area contributed by atoms with Crippen molar-refractivity contribution in [3.63, 3.8) is 0 Å². The van der Waals surface area contributed by atoms with Crippen molar-refractivity contribution in [3.8, 4) is 16.9 Å². The number of nitrogens with zero attached hydrogens (tertiary/aromatic N) is 1. The van der Waals surface area contributed by atoms with Gasteiger partial charge in [0.2, 0.25) is 0 Å². The molecule has 0 aliphatic rings. The van der Waals surface area contributed by atoms with Crippen molar-refractivity contribution < 1.29 is 21.8 Å². The lowest BCUT2D eigenvalue weighted by Gasteiger charge is -2.22. The van der Waals surface area contributed by atoms with Gasteiger partial charge in [-0.3, -0.25) is 4.79 Å². The van der Waals surface area contributed by atoms with Crippen LogP contribution in [-0.2, 0) is 23.2 Å². The minimum absolute atomic E-state index is 0.166. The van der Waals surface area contributed by atoms with Crippen LogP contribution in [0.25, 0.3) is 11.1 Å². The van der Waals surface area contributed by atoms with Gasteiger partial charge in [-0.25, -0.2) is 0 Å².